The van der Waals surface area contributed by atoms with E-state index in [1.165, 1.54) is 11.3 Å². The summed E-state index contributed by atoms with van der Waals surface area (Å²) in [6.45, 7) is 4.47. The van der Waals surface area contributed by atoms with Gasteiger partial charge >= 0.3 is 5.97 Å². The maximum atomic E-state index is 13.9. The first-order chi connectivity index (χ1) is 20.3. The van der Waals surface area contributed by atoms with Gasteiger partial charge in [-0.15, -0.1) is 11.3 Å². The number of pyridine rings is 1. The highest BCUT2D eigenvalue weighted by Crippen LogP contribution is 2.43. The Labute approximate surface area is 247 Å². The van der Waals surface area contributed by atoms with Gasteiger partial charge in [0.2, 0.25) is 11.8 Å². The summed E-state index contributed by atoms with van der Waals surface area (Å²) in [5.41, 5.74) is 4.17. The quantitative estimate of drug-likeness (QED) is 0.242. The second-order valence-corrected chi connectivity index (χ2v) is 11.8. The number of hydrogen-bond acceptors (Lipinski definition) is 7. The van der Waals surface area contributed by atoms with Crippen molar-refractivity contribution in [3.05, 3.63) is 71.1 Å². The van der Waals surface area contributed by atoms with Gasteiger partial charge in [-0.2, -0.15) is 0 Å². The number of carboxylic acids is 1. The van der Waals surface area contributed by atoms with E-state index in [2.05, 4.69) is 4.98 Å². The van der Waals surface area contributed by atoms with Gasteiger partial charge in [-0.3, -0.25) is 24.2 Å². The predicted octanol–water partition coefficient (Wildman–Crippen LogP) is 6.04. The predicted molar refractivity (Wildman–Crippen MR) is 161 cm³/mol. The van der Waals surface area contributed by atoms with Crippen molar-refractivity contribution >= 4 is 40.1 Å². The molecule has 1 aromatic carbocycles. The number of rotatable bonds is 10. The second-order valence-electron chi connectivity index (χ2n) is 11.0. The first kappa shape index (κ1) is 27.8. The summed E-state index contributed by atoms with van der Waals surface area (Å²) in [7, 11) is 0. The van der Waals surface area contributed by atoms with Crippen molar-refractivity contribution in [1.29, 1.82) is 0 Å². The number of amides is 2. The molecular formula is C32H32N4O5S. The Balaban J connectivity index is 1.31. The molecule has 1 N–H and O–H groups in total. The van der Waals surface area contributed by atoms with Gasteiger partial charge < -0.3 is 9.52 Å². The van der Waals surface area contributed by atoms with Crippen LogP contribution < -0.4 is 9.80 Å². The standard InChI is InChI=1S/C32H32N4O5S/c1-19-29(22-10-13-26(33-17-22)35-14-6-9-27(35)37)30(20(2)41-19)25-18-42-32(34-25)36(24-11-12-24)31(40)23(16-28(38)39)15-21-7-4-3-5-8-21/h3-5,7-8,10,13,17-18,23-24H,6,9,11-12,14-16H2,1-2H3,(H,38,39). The van der Waals surface area contributed by atoms with Crippen molar-refractivity contribution in [3.63, 3.8) is 0 Å². The van der Waals surface area contributed by atoms with Gasteiger partial charge in [-0.1, -0.05) is 30.3 Å². The van der Waals surface area contributed by atoms with Crippen molar-refractivity contribution in [2.24, 2.45) is 5.92 Å². The van der Waals surface area contributed by atoms with Gasteiger partial charge in [0.05, 0.1) is 23.6 Å². The molecule has 216 valence electrons. The van der Waals surface area contributed by atoms with E-state index >= 15 is 0 Å². The van der Waals surface area contributed by atoms with Gasteiger partial charge in [0.25, 0.3) is 0 Å². The number of carbonyl (C=O) groups is 3. The molecule has 1 aliphatic heterocycles. The number of aromatic nitrogens is 2. The molecule has 1 atom stereocenters. The number of thiazole rings is 1. The van der Waals surface area contributed by atoms with E-state index in [4.69, 9.17) is 9.40 Å². The van der Waals surface area contributed by atoms with E-state index in [0.717, 1.165) is 47.3 Å². The topological polar surface area (TPSA) is 117 Å². The van der Waals surface area contributed by atoms with Crippen LogP contribution in [0.2, 0.25) is 0 Å². The minimum Gasteiger partial charge on any atom is -0.481 e. The molecule has 6 rings (SSSR count). The third-order valence-electron chi connectivity index (χ3n) is 7.85. The number of nitrogens with zero attached hydrogens (tertiary/aromatic N) is 4. The number of carbonyl (C=O) groups excluding carboxylic acids is 2. The maximum absolute atomic E-state index is 13.9. The van der Waals surface area contributed by atoms with Gasteiger partial charge in [-0.25, -0.2) is 9.97 Å². The third kappa shape index (κ3) is 5.59. The zero-order valence-corrected chi connectivity index (χ0v) is 24.4. The summed E-state index contributed by atoms with van der Waals surface area (Å²) < 4.78 is 6.05. The minimum atomic E-state index is -0.997. The highest BCUT2D eigenvalue weighted by Gasteiger charge is 2.39. The van der Waals surface area contributed by atoms with Gasteiger partial charge in [0, 0.05) is 41.7 Å². The molecule has 2 fully saturated rings. The molecule has 1 aliphatic carbocycles. The number of benzene rings is 1. The largest absolute Gasteiger partial charge is 0.481 e. The van der Waals surface area contributed by atoms with Gasteiger partial charge in [0.15, 0.2) is 5.13 Å². The first-order valence-corrected chi connectivity index (χ1v) is 15.1. The van der Waals surface area contributed by atoms with Crippen LogP contribution in [0.3, 0.4) is 0 Å². The van der Waals surface area contributed by atoms with Crippen molar-refractivity contribution in [2.75, 3.05) is 16.3 Å². The fraction of sp³-hybridized carbons (Fsp3) is 0.344. The summed E-state index contributed by atoms with van der Waals surface area (Å²) >= 11 is 1.38. The fourth-order valence-corrected chi connectivity index (χ4v) is 6.62. The third-order valence-corrected chi connectivity index (χ3v) is 8.69. The van der Waals surface area contributed by atoms with Crippen molar-refractivity contribution in [2.45, 2.75) is 58.4 Å². The molecule has 3 aromatic heterocycles. The molecule has 1 unspecified atom stereocenters. The van der Waals surface area contributed by atoms with Crippen LogP contribution in [0, 0.1) is 19.8 Å². The molecule has 10 heteroatoms. The Morgan fingerprint density at radius 3 is 2.52 bits per heavy atom. The van der Waals surface area contributed by atoms with E-state index in [-0.39, 0.29) is 24.3 Å². The zero-order valence-electron chi connectivity index (χ0n) is 23.6. The van der Waals surface area contributed by atoms with Crippen LogP contribution in [0.1, 0.15) is 49.2 Å². The van der Waals surface area contributed by atoms with Crippen LogP contribution in [0.5, 0.6) is 0 Å². The summed E-state index contributed by atoms with van der Waals surface area (Å²) in [6, 6.07) is 13.3. The monoisotopic (exact) mass is 584 g/mol. The zero-order chi connectivity index (χ0) is 29.4. The van der Waals surface area contributed by atoms with Crippen molar-refractivity contribution in [3.8, 4) is 22.4 Å². The Morgan fingerprint density at radius 2 is 1.88 bits per heavy atom. The minimum absolute atomic E-state index is 0.0141. The molecular weight excluding hydrogens is 552 g/mol. The maximum Gasteiger partial charge on any atom is 0.304 e. The number of hydrogen-bond donors (Lipinski definition) is 1. The van der Waals surface area contributed by atoms with Crippen LogP contribution in [0.15, 0.2) is 58.5 Å². The summed E-state index contributed by atoms with van der Waals surface area (Å²) in [6.07, 6.45) is 4.96. The summed E-state index contributed by atoms with van der Waals surface area (Å²) in [4.78, 5) is 50.8. The van der Waals surface area contributed by atoms with E-state index in [1.807, 2.05) is 61.7 Å². The van der Waals surface area contributed by atoms with Crippen LogP contribution >= 0.6 is 11.3 Å². The average molecular weight is 585 g/mol. The number of carboxylic acid groups (broad SMARTS) is 1. The van der Waals surface area contributed by atoms with Crippen molar-refractivity contribution < 1.29 is 23.9 Å². The Bertz CT molecular complexity index is 1620. The number of furan rings is 1. The molecule has 4 aromatic rings. The lowest BCUT2D eigenvalue weighted by Crippen LogP contribution is -2.39. The lowest BCUT2D eigenvalue weighted by Gasteiger charge is -2.25. The van der Waals surface area contributed by atoms with Crippen LogP contribution in [-0.2, 0) is 20.8 Å². The van der Waals surface area contributed by atoms with Gasteiger partial charge in [0.1, 0.15) is 17.3 Å². The normalized spacial score (nSPS) is 15.7. The Hall–Kier alpha value is -4.31. The molecule has 0 spiro atoms. The van der Waals surface area contributed by atoms with Crippen molar-refractivity contribution in [1.82, 2.24) is 9.97 Å². The average Bonchev–Trinajstić information content (AvgIpc) is 3.38. The highest BCUT2D eigenvalue weighted by molar-refractivity contribution is 7.14. The molecule has 42 heavy (non-hydrogen) atoms. The molecule has 0 radical (unpaired) electrons. The number of aliphatic carboxylic acids is 1. The van der Waals surface area contributed by atoms with E-state index in [0.29, 0.717) is 41.8 Å². The smallest absolute Gasteiger partial charge is 0.304 e. The fourth-order valence-electron chi connectivity index (χ4n) is 5.73. The molecule has 1 saturated carbocycles. The SMILES string of the molecule is Cc1oc(C)c(-c2csc(N(C(=O)C(CC(=O)O)Cc3ccccc3)C3CC3)n2)c1-c1ccc(N2CCCC2=O)nc1. The van der Waals surface area contributed by atoms with E-state index in [1.54, 1.807) is 16.0 Å². The molecule has 1 saturated heterocycles. The van der Waals surface area contributed by atoms with Crippen LogP contribution in [0.4, 0.5) is 10.9 Å². The Kier molecular flexibility index (Phi) is 7.64. The molecule has 2 amide bonds. The highest BCUT2D eigenvalue weighted by atomic mass is 32.1. The Morgan fingerprint density at radius 1 is 1.12 bits per heavy atom. The summed E-state index contributed by atoms with van der Waals surface area (Å²) in [5.74, 6) is 0.257. The number of anilines is 2. The molecule has 9 nitrogen and oxygen atoms in total. The summed E-state index contributed by atoms with van der Waals surface area (Å²) in [5, 5.41) is 12.1. The lowest BCUT2D eigenvalue weighted by atomic mass is 9.94. The molecule has 4 heterocycles. The lowest BCUT2D eigenvalue weighted by molar-refractivity contribution is -0.140. The van der Waals surface area contributed by atoms with Crippen LogP contribution in [0.25, 0.3) is 22.4 Å². The van der Waals surface area contributed by atoms with E-state index in [9.17, 15) is 19.5 Å². The van der Waals surface area contributed by atoms with Crippen LogP contribution in [-0.4, -0.2) is 45.4 Å². The molecule has 2 aliphatic rings. The van der Waals surface area contributed by atoms with Gasteiger partial charge in [-0.05, 0) is 57.2 Å². The number of aryl methyl sites for hydroxylation is 2. The first-order valence-electron chi connectivity index (χ1n) is 14.2. The van der Waals surface area contributed by atoms with E-state index < -0.39 is 11.9 Å². The molecule has 0 bridgehead atoms. The second kappa shape index (κ2) is 11.5.